The van der Waals surface area contributed by atoms with Gasteiger partial charge in [0.05, 0.1) is 17.5 Å². The summed E-state index contributed by atoms with van der Waals surface area (Å²) in [4.78, 5) is 27.2. The third kappa shape index (κ3) is 2.43. The summed E-state index contributed by atoms with van der Waals surface area (Å²) in [6, 6.07) is 14.0. The fourth-order valence-electron chi connectivity index (χ4n) is 4.61. The molecule has 5 rings (SSSR count). The number of benzene rings is 2. The molecule has 1 saturated carbocycles. The van der Waals surface area contributed by atoms with E-state index < -0.39 is 10.1 Å². The first-order valence-electron chi connectivity index (χ1n) is 9.12. The zero-order valence-electron chi connectivity index (χ0n) is 14.8. The minimum absolute atomic E-state index is 0.00277. The van der Waals surface area contributed by atoms with Crippen molar-refractivity contribution in [1.82, 2.24) is 0 Å². The largest absolute Gasteiger partial charge is 0.377 e. The van der Waals surface area contributed by atoms with Gasteiger partial charge in [-0.05, 0) is 42.5 Å². The van der Waals surface area contributed by atoms with Crippen LogP contribution in [0.1, 0.15) is 6.42 Å². The van der Waals surface area contributed by atoms with E-state index in [2.05, 4.69) is 0 Å². The normalized spacial score (nSPS) is 28.1. The predicted octanol–water partition coefficient (Wildman–Crippen LogP) is 2.77. The van der Waals surface area contributed by atoms with Crippen LogP contribution in [0, 0.1) is 23.7 Å². The Bertz CT molecular complexity index is 1080. The van der Waals surface area contributed by atoms with Gasteiger partial charge in [0.2, 0.25) is 11.8 Å². The maximum Gasteiger partial charge on any atom is 0.339 e. The number of hydrogen-bond donors (Lipinski definition) is 0. The Kier molecular flexibility index (Phi) is 3.71. The Labute approximate surface area is 162 Å². The number of carbonyl (C=O) groups is 2. The van der Waals surface area contributed by atoms with Gasteiger partial charge in [-0.25, -0.2) is 4.90 Å². The SMILES string of the molecule is O=C1[C@@H]2[C@H](C(=O)N1c1ccccc1OS(=O)(=O)c1ccccc1)[C@@H]1C=C[C@@H]2C1. The van der Waals surface area contributed by atoms with Crippen LogP contribution in [0.2, 0.25) is 0 Å². The molecule has 3 aliphatic rings. The van der Waals surface area contributed by atoms with E-state index in [1.165, 1.54) is 18.2 Å². The lowest BCUT2D eigenvalue weighted by molar-refractivity contribution is -0.123. The Balaban J connectivity index is 1.52. The van der Waals surface area contributed by atoms with Crippen molar-refractivity contribution in [2.45, 2.75) is 11.3 Å². The lowest BCUT2D eigenvalue weighted by atomic mass is 9.85. The van der Waals surface area contributed by atoms with Crippen molar-refractivity contribution < 1.29 is 22.2 Å². The maximum atomic E-state index is 13.0. The van der Waals surface area contributed by atoms with E-state index in [4.69, 9.17) is 4.18 Å². The summed E-state index contributed by atoms with van der Waals surface area (Å²) < 4.78 is 30.6. The topological polar surface area (TPSA) is 80.8 Å². The van der Waals surface area contributed by atoms with E-state index in [-0.39, 0.29) is 51.8 Å². The summed E-state index contributed by atoms with van der Waals surface area (Å²) in [5.74, 6) is -1.15. The zero-order valence-corrected chi connectivity index (χ0v) is 15.6. The van der Waals surface area contributed by atoms with Crippen molar-refractivity contribution >= 4 is 27.6 Å². The summed E-state index contributed by atoms with van der Waals surface area (Å²) in [6.07, 6.45) is 4.87. The van der Waals surface area contributed by atoms with Crippen LogP contribution in [0.3, 0.4) is 0 Å². The predicted molar refractivity (Wildman–Crippen MR) is 101 cm³/mol. The first kappa shape index (κ1) is 17.2. The van der Waals surface area contributed by atoms with Crippen molar-refractivity contribution in [3.8, 4) is 5.75 Å². The number of amides is 2. The molecule has 2 aliphatic carbocycles. The summed E-state index contributed by atoms with van der Waals surface area (Å²) in [5.41, 5.74) is 0.172. The quantitative estimate of drug-likeness (QED) is 0.452. The monoisotopic (exact) mass is 395 g/mol. The molecule has 1 saturated heterocycles. The Morgan fingerprint density at radius 1 is 0.821 bits per heavy atom. The van der Waals surface area contributed by atoms with Gasteiger partial charge in [-0.3, -0.25) is 9.59 Å². The number of carbonyl (C=O) groups excluding carboxylic acids is 2. The molecule has 0 spiro atoms. The minimum Gasteiger partial charge on any atom is -0.377 e. The highest BCUT2D eigenvalue weighted by molar-refractivity contribution is 7.87. The molecule has 4 atom stereocenters. The highest BCUT2D eigenvalue weighted by Crippen LogP contribution is 2.53. The van der Waals surface area contributed by atoms with Gasteiger partial charge in [0.1, 0.15) is 4.90 Å². The van der Waals surface area contributed by atoms with E-state index >= 15 is 0 Å². The van der Waals surface area contributed by atoms with Crippen LogP contribution in [-0.2, 0) is 19.7 Å². The number of hydrogen-bond acceptors (Lipinski definition) is 5. The van der Waals surface area contributed by atoms with E-state index in [1.54, 1.807) is 36.4 Å². The summed E-state index contributed by atoms with van der Waals surface area (Å²) in [7, 11) is -4.09. The van der Waals surface area contributed by atoms with E-state index in [1.807, 2.05) is 12.2 Å². The molecule has 28 heavy (non-hydrogen) atoms. The molecule has 2 amide bonds. The second kappa shape index (κ2) is 6.04. The summed E-state index contributed by atoms with van der Waals surface area (Å²) >= 11 is 0. The standard InChI is InChI=1S/C21H17NO5S/c23-20-18-13-10-11-14(12-13)19(18)21(24)22(20)16-8-4-5-9-17(16)27-28(25,26)15-6-2-1-3-7-15/h1-11,13-14,18-19H,12H2/t13-,14-,18-,19+/m1/s1. The van der Waals surface area contributed by atoms with Crippen molar-refractivity contribution in [3.05, 3.63) is 66.7 Å². The van der Waals surface area contributed by atoms with Gasteiger partial charge in [0, 0.05) is 0 Å². The van der Waals surface area contributed by atoms with Gasteiger partial charge >= 0.3 is 10.1 Å². The summed E-state index contributed by atoms with van der Waals surface area (Å²) in [5, 5.41) is 0. The number of imide groups is 1. The van der Waals surface area contributed by atoms with Crippen molar-refractivity contribution in [1.29, 1.82) is 0 Å². The third-order valence-corrected chi connectivity index (χ3v) is 7.06. The van der Waals surface area contributed by atoms with Crippen LogP contribution in [0.5, 0.6) is 5.75 Å². The van der Waals surface area contributed by atoms with Crippen LogP contribution in [0.15, 0.2) is 71.6 Å². The molecular formula is C21H17NO5S. The van der Waals surface area contributed by atoms with E-state index in [0.29, 0.717) is 0 Å². The first-order chi connectivity index (χ1) is 13.5. The molecule has 7 heteroatoms. The van der Waals surface area contributed by atoms with Crippen LogP contribution >= 0.6 is 0 Å². The second-order valence-electron chi connectivity index (χ2n) is 7.33. The first-order valence-corrected chi connectivity index (χ1v) is 10.5. The molecular weight excluding hydrogens is 378 g/mol. The van der Waals surface area contributed by atoms with Crippen molar-refractivity contribution in [2.24, 2.45) is 23.7 Å². The van der Waals surface area contributed by atoms with Crippen molar-refractivity contribution in [3.63, 3.8) is 0 Å². The number of para-hydroxylation sites is 2. The average Bonchev–Trinajstić information content (AvgIpc) is 3.37. The molecule has 6 nitrogen and oxygen atoms in total. The van der Waals surface area contributed by atoms with Gasteiger partial charge in [-0.1, -0.05) is 42.5 Å². The Morgan fingerprint density at radius 2 is 1.39 bits per heavy atom. The van der Waals surface area contributed by atoms with Crippen LogP contribution < -0.4 is 9.08 Å². The Morgan fingerprint density at radius 3 is 2.04 bits per heavy atom. The lowest BCUT2D eigenvalue weighted by Crippen LogP contribution is -2.33. The van der Waals surface area contributed by atoms with Gasteiger partial charge in [0.15, 0.2) is 5.75 Å². The van der Waals surface area contributed by atoms with E-state index in [0.717, 1.165) is 11.3 Å². The molecule has 2 fully saturated rings. The van der Waals surface area contributed by atoms with Crippen LogP contribution in [0.4, 0.5) is 5.69 Å². The van der Waals surface area contributed by atoms with Crippen LogP contribution in [-0.4, -0.2) is 20.2 Å². The second-order valence-corrected chi connectivity index (χ2v) is 8.88. The molecule has 2 aromatic carbocycles. The molecule has 0 N–H and O–H groups in total. The molecule has 2 aromatic rings. The highest BCUT2D eigenvalue weighted by Gasteiger charge is 2.60. The smallest absolute Gasteiger partial charge is 0.339 e. The number of rotatable bonds is 4. The number of anilines is 1. The van der Waals surface area contributed by atoms with Gasteiger partial charge in [-0.15, -0.1) is 0 Å². The van der Waals surface area contributed by atoms with Gasteiger partial charge in [-0.2, -0.15) is 8.42 Å². The lowest BCUT2D eigenvalue weighted by Gasteiger charge is -2.20. The average molecular weight is 395 g/mol. The molecule has 2 bridgehead atoms. The minimum atomic E-state index is -4.09. The summed E-state index contributed by atoms with van der Waals surface area (Å²) in [6.45, 7) is 0. The maximum absolute atomic E-state index is 13.0. The molecule has 0 aromatic heterocycles. The number of nitrogens with zero attached hydrogens (tertiary/aromatic N) is 1. The fourth-order valence-corrected chi connectivity index (χ4v) is 5.57. The van der Waals surface area contributed by atoms with Gasteiger partial charge in [0.25, 0.3) is 0 Å². The third-order valence-electron chi connectivity index (χ3n) is 5.81. The molecule has 0 radical (unpaired) electrons. The number of allylic oxidation sites excluding steroid dienone is 2. The van der Waals surface area contributed by atoms with Crippen molar-refractivity contribution in [2.75, 3.05) is 4.90 Å². The zero-order chi connectivity index (χ0) is 19.5. The van der Waals surface area contributed by atoms with Crippen LogP contribution in [0.25, 0.3) is 0 Å². The number of fused-ring (bicyclic) bond motifs is 5. The molecule has 1 heterocycles. The molecule has 0 unspecified atom stereocenters. The highest BCUT2D eigenvalue weighted by atomic mass is 32.2. The molecule has 1 aliphatic heterocycles. The van der Waals surface area contributed by atoms with E-state index in [9.17, 15) is 18.0 Å². The molecule has 142 valence electrons. The fraction of sp³-hybridized carbons (Fsp3) is 0.238. The Hall–Kier alpha value is -2.93. The van der Waals surface area contributed by atoms with Gasteiger partial charge < -0.3 is 4.18 Å².